The first-order valence-electron chi connectivity index (χ1n) is 6.23. The summed E-state index contributed by atoms with van der Waals surface area (Å²) >= 11 is 0. The summed E-state index contributed by atoms with van der Waals surface area (Å²) in [6.07, 6.45) is 0. The molecule has 0 saturated heterocycles. The highest BCUT2D eigenvalue weighted by molar-refractivity contribution is 5.49. The van der Waals surface area contributed by atoms with Crippen molar-refractivity contribution in [3.8, 4) is 0 Å². The van der Waals surface area contributed by atoms with E-state index >= 15 is 0 Å². The molecule has 0 saturated carbocycles. The van der Waals surface area contributed by atoms with Crippen molar-refractivity contribution in [1.82, 2.24) is 0 Å². The predicted octanol–water partition coefficient (Wildman–Crippen LogP) is 4.50. The van der Waals surface area contributed by atoms with E-state index in [0.29, 0.717) is 12.1 Å². The average molecular weight is 261 g/mol. The molecular weight excluding hydrogens is 244 g/mol. The first-order valence-corrected chi connectivity index (χ1v) is 6.23. The van der Waals surface area contributed by atoms with Gasteiger partial charge in [-0.3, -0.25) is 0 Å². The fraction of sp³-hybridized carbons (Fsp3) is 0.250. The molecule has 0 radical (unpaired) electrons. The van der Waals surface area contributed by atoms with E-state index in [1.54, 1.807) is 6.92 Å². The van der Waals surface area contributed by atoms with Gasteiger partial charge in [0.25, 0.3) is 0 Å². The van der Waals surface area contributed by atoms with Crippen molar-refractivity contribution < 1.29 is 8.78 Å². The maximum Gasteiger partial charge on any atom is 0.152 e. The fourth-order valence-electron chi connectivity index (χ4n) is 1.92. The molecule has 0 aromatic heterocycles. The van der Waals surface area contributed by atoms with Crippen LogP contribution in [0.15, 0.2) is 30.3 Å². The summed E-state index contributed by atoms with van der Waals surface area (Å²) in [6.45, 7) is 6.08. The number of nitrogens with one attached hydrogen (secondary N) is 1. The van der Waals surface area contributed by atoms with Crippen molar-refractivity contribution in [2.75, 3.05) is 5.32 Å². The molecular formula is C16H17F2N. The molecule has 1 nitrogen and oxygen atoms in total. The molecule has 0 heterocycles. The molecule has 0 spiro atoms. The van der Waals surface area contributed by atoms with Gasteiger partial charge in [0, 0.05) is 6.54 Å². The summed E-state index contributed by atoms with van der Waals surface area (Å²) < 4.78 is 27.4. The third-order valence-electron chi connectivity index (χ3n) is 3.32. The Balaban J connectivity index is 2.19. The van der Waals surface area contributed by atoms with Gasteiger partial charge in [0.05, 0.1) is 0 Å². The number of anilines is 1. The fourth-order valence-corrected chi connectivity index (χ4v) is 1.92. The van der Waals surface area contributed by atoms with Gasteiger partial charge in [0.1, 0.15) is 11.5 Å². The molecule has 1 N–H and O–H groups in total. The second-order valence-electron chi connectivity index (χ2n) is 4.83. The Morgan fingerprint density at radius 3 is 2.26 bits per heavy atom. The van der Waals surface area contributed by atoms with Crippen LogP contribution in [0.25, 0.3) is 0 Å². The Morgan fingerprint density at radius 1 is 0.895 bits per heavy atom. The number of rotatable bonds is 3. The quantitative estimate of drug-likeness (QED) is 0.857. The topological polar surface area (TPSA) is 12.0 Å². The largest absolute Gasteiger partial charge is 0.376 e. The predicted molar refractivity (Wildman–Crippen MR) is 74.3 cm³/mol. The van der Waals surface area contributed by atoms with Crippen molar-refractivity contribution in [1.29, 1.82) is 0 Å². The molecule has 0 aliphatic carbocycles. The van der Waals surface area contributed by atoms with Crippen LogP contribution in [0.2, 0.25) is 0 Å². The number of aryl methyl sites for hydroxylation is 3. The summed E-state index contributed by atoms with van der Waals surface area (Å²) in [6, 6.07) is 8.71. The van der Waals surface area contributed by atoms with Gasteiger partial charge < -0.3 is 5.32 Å². The lowest BCUT2D eigenvalue weighted by Crippen LogP contribution is -2.05. The summed E-state index contributed by atoms with van der Waals surface area (Å²) in [5, 5.41) is 2.84. The maximum absolute atomic E-state index is 13.8. The number of halogens is 2. The second kappa shape index (κ2) is 5.39. The lowest BCUT2D eigenvalue weighted by atomic mass is 10.1. The Labute approximate surface area is 112 Å². The van der Waals surface area contributed by atoms with Crippen LogP contribution in [0, 0.1) is 32.4 Å². The van der Waals surface area contributed by atoms with Crippen molar-refractivity contribution >= 4 is 5.69 Å². The van der Waals surface area contributed by atoms with Crippen LogP contribution < -0.4 is 5.32 Å². The highest BCUT2D eigenvalue weighted by Crippen LogP contribution is 2.22. The van der Waals surface area contributed by atoms with Crippen LogP contribution in [0.1, 0.15) is 22.3 Å². The zero-order chi connectivity index (χ0) is 14.0. The van der Waals surface area contributed by atoms with E-state index < -0.39 is 11.6 Å². The van der Waals surface area contributed by atoms with Gasteiger partial charge in [-0.2, -0.15) is 0 Å². The van der Waals surface area contributed by atoms with Gasteiger partial charge in [0.15, 0.2) is 5.82 Å². The lowest BCUT2D eigenvalue weighted by molar-refractivity contribution is 0.582. The molecule has 0 aliphatic rings. The molecule has 0 unspecified atom stereocenters. The molecule has 0 amide bonds. The van der Waals surface area contributed by atoms with E-state index in [0.717, 1.165) is 5.56 Å². The van der Waals surface area contributed by atoms with Gasteiger partial charge >= 0.3 is 0 Å². The van der Waals surface area contributed by atoms with E-state index in [1.165, 1.54) is 23.3 Å². The monoisotopic (exact) mass is 261 g/mol. The Kier molecular flexibility index (Phi) is 3.84. The molecule has 0 fully saturated rings. The van der Waals surface area contributed by atoms with E-state index in [1.807, 2.05) is 32.0 Å². The normalized spacial score (nSPS) is 10.6. The van der Waals surface area contributed by atoms with Crippen LogP contribution in [-0.2, 0) is 6.54 Å². The van der Waals surface area contributed by atoms with E-state index in [4.69, 9.17) is 0 Å². The van der Waals surface area contributed by atoms with E-state index in [2.05, 4.69) is 5.32 Å². The van der Waals surface area contributed by atoms with Crippen LogP contribution in [-0.4, -0.2) is 0 Å². The highest BCUT2D eigenvalue weighted by Gasteiger charge is 2.10. The SMILES string of the molecule is Cc1ccc(CNc2c(F)ccc(C)c2F)cc1C. The zero-order valence-corrected chi connectivity index (χ0v) is 11.3. The highest BCUT2D eigenvalue weighted by atomic mass is 19.1. The Morgan fingerprint density at radius 2 is 1.58 bits per heavy atom. The van der Waals surface area contributed by atoms with Crippen LogP contribution in [0.4, 0.5) is 14.5 Å². The number of hydrogen-bond donors (Lipinski definition) is 1. The first kappa shape index (κ1) is 13.5. The lowest BCUT2D eigenvalue weighted by Gasteiger charge is -2.11. The van der Waals surface area contributed by atoms with Crippen molar-refractivity contribution in [2.45, 2.75) is 27.3 Å². The summed E-state index contributed by atoms with van der Waals surface area (Å²) in [7, 11) is 0. The van der Waals surface area contributed by atoms with Crippen LogP contribution >= 0.6 is 0 Å². The first-order chi connectivity index (χ1) is 8.99. The van der Waals surface area contributed by atoms with E-state index in [-0.39, 0.29) is 5.69 Å². The Hall–Kier alpha value is -1.90. The molecule has 0 bridgehead atoms. The third kappa shape index (κ3) is 2.92. The molecule has 0 aliphatic heterocycles. The molecule has 100 valence electrons. The number of benzene rings is 2. The zero-order valence-electron chi connectivity index (χ0n) is 11.3. The maximum atomic E-state index is 13.8. The molecule has 2 aromatic carbocycles. The second-order valence-corrected chi connectivity index (χ2v) is 4.83. The minimum absolute atomic E-state index is 0.0572. The van der Waals surface area contributed by atoms with Gasteiger partial charge in [-0.25, -0.2) is 8.78 Å². The molecule has 3 heteroatoms. The minimum Gasteiger partial charge on any atom is -0.376 e. The Bertz CT molecular complexity index is 606. The standard InChI is InChI=1S/C16H17F2N/c1-10-4-6-13(8-12(10)3)9-19-16-14(17)7-5-11(2)15(16)18/h4-8,19H,9H2,1-3H3. The van der Waals surface area contributed by atoms with Gasteiger partial charge in [-0.15, -0.1) is 0 Å². The van der Waals surface area contributed by atoms with E-state index in [9.17, 15) is 8.78 Å². The van der Waals surface area contributed by atoms with Gasteiger partial charge in [-0.1, -0.05) is 24.3 Å². The summed E-state index contributed by atoms with van der Waals surface area (Å²) in [5.74, 6) is -1.09. The van der Waals surface area contributed by atoms with Gasteiger partial charge in [0.2, 0.25) is 0 Å². The van der Waals surface area contributed by atoms with Crippen LogP contribution in [0.3, 0.4) is 0 Å². The minimum atomic E-state index is -0.563. The third-order valence-corrected chi connectivity index (χ3v) is 3.32. The molecule has 0 atom stereocenters. The molecule has 2 rings (SSSR count). The molecule has 19 heavy (non-hydrogen) atoms. The van der Waals surface area contributed by atoms with Crippen molar-refractivity contribution in [2.24, 2.45) is 0 Å². The average Bonchev–Trinajstić information content (AvgIpc) is 2.38. The summed E-state index contributed by atoms with van der Waals surface area (Å²) in [4.78, 5) is 0. The van der Waals surface area contributed by atoms with Crippen LogP contribution in [0.5, 0.6) is 0 Å². The smallest absolute Gasteiger partial charge is 0.152 e. The molecule has 2 aromatic rings. The van der Waals surface area contributed by atoms with Crippen molar-refractivity contribution in [3.63, 3.8) is 0 Å². The number of hydrogen-bond acceptors (Lipinski definition) is 1. The van der Waals surface area contributed by atoms with Crippen molar-refractivity contribution in [3.05, 3.63) is 64.2 Å². The van der Waals surface area contributed by atoms with Gasteiger partial charge in [-0.05, 0) is 49.1 Å². The summed E-state index contributed by atoms with van der Waals surface area (Å²) in [5.41, 5.74) is 3.76.